The second kappa shape index (κ2) is 6.87. The van der Waals surface area contributed by atoms with Gasteiger partial charge in [-0.05, 0) is 44.9 Å². The van der Waals surface area contributed by atoms with Gasteiger partial charge in [0.1, 0.15) is 5.56 Å². The number of carbonyl (C=O) groups is 1. The van der Waals surface area contributed by atoms with E-state index in [2.05, 4.69) is 10.6 Å². The van der Waals surface area contributed by atoms with Crippen molar-refractivity contribution in [3.63, 3.8) is 0 Å². The molecule has 1 aliphatic rings. The molecule has 2 rings (SSSR count). The van der Waals surface area contributed by atoms with E-state index < -0.39 is 10.8 Å². The van der Waals surface area contributed by atoms with Gasteiger partial charge in [-0.25, -0.2) is 0 Å². The van der Waals surface area contributed by atoms with E-state index >= 15 is 0 Å². The van der Waals surface area contributed by atoms with Crippen LogP contribution in [0.3, 0.4) is 0 Å². The lowest BCUT2D eigenvalue weighted by molar-refractivity contribution is -0.385. The number of rotatable bonds is 4. The molecular formula is C14H18ClN3O3. The second-order valence-corrected chi connectivity index (χ2v) is 5.67. The maximum absolute atomic E-state index is 12.2. The lowest BCUT2D eigenvalue weighted by Gasteiger charge is -2.28. The van der Waals surface area contributed by atoms with Crippen LogP contribution in [0.25, 0.3) is 0 Å². The molecule has 114 valence electrons. The van der Waals surface area contributed by atoms with Crippen LogP contribution < -0.4 is 10.6 Å². The lowest BCUT2D eigenvalue weighted by atomic mass is 9.91. The molecule has 7 heteroatoms. The summed E-state index contributed by atoms with van der Waals surface area (Å²) in [5, 5.41) is 17.4. The Bertz CT molecular complexity index is 542. The first kappa shape index (κ1) is 15.7. The Morgan fingerprint density at radius 1 is 1.29 bits per heavy atom. The van der Waals surface area contributed by atoms with Gasteiger partial charge in [-0.3, -0.25) is 14.9 Å². The van der Waals surface area contributed by atoms with E-state index in [0.29, 0.717) is 6.04 Å². The molecule has 0 aromatic heterocycles. The molecular weight excluding hydrogens is 294 g/mol. The molecule has 6 nitrogen and oxygen atoms in total. The Labute approximate surface area is 128 Å². The molecule has 21 heavy (non-hydrogen) atoms. The number of nitrogens with one attached hydrogen (secondary N) is 2. The zero-order chi connectivity index (χ0) is 15.4. The standard InChI is InChI=1S/C14H18ClN3O3/c1-16-10-3-5-11(6-4-10)17-14(19)12-7-2-9(15)8-13(12)18(20)21/h2,7-8,10-11,16H,3-6H2,1H3,(H,17,19). The van der Waals surface area contributed by atoms with E-state index in [9.17, 15) is 14.9 Å². The average molecular weight is 312 g/mol. The molecule has 0 saturated heterocycles. The number of nitrogens with zero attached hydrogens (tertiary/aromatic N) is 1. The van der Waals surface area contributed by atoms with Crippen LogP contribution in [0.2, 0.25) is 5.02 Å². The van der Waals surface area contributed by atoms with Gasteiger partial charge in [0, 0.05) is 23.2 Å². The molecule has 1 fully saturated rings. The Morgan fingerprint density at radius 2 is 1.90 bits per heavy atom. The molecule has 1 amide bonds. The maximum atomic E-state index is 12.2. The number of nitro groups is 1. The van der Waals surface area contributed by atoms with Crippen LogP contribution in [0.4, 0.5) is 5.69 Å². The van der Waals surface area contributed by atoms with Gasteiger partial charge in [0.15, 0.2) is 0 Å². The van der Waals surface area contributed by atoms with Crippen LogP contribution in [0.5, 0.6) is 0 Å². The summed E-state index contributed by atoms with van der Waals surface area (Å²) in [4.78, 5) is 22.7. The van der Waals surface area contributed by atoms with E-state index in [-0.39, 0.29) is 22.3 Å². The van der Waals surface area contributed by atoms with Crippen LogP contribution >= 0.6 is 11.6 Å². The first-order valence-corrected chi connectivity index (χ1v) is 7.31. The SMILES string of the molecule is CNC1CCC(NC(=O)c2ccc(Cl)cc2[N+](=O)[O-])CC1. The highest BCUT2D eigenvalue weighted by Gasteiger charge is 2.25. The van der Waals surface area contributed by atoms with Crippen LogP contribution in [0.1, 0.15) is 36.0 Å². The summed E-state index contributed by atoms with van der Waals surface area (Å²) < 4.78 is 0. The molecule has 0 spiro atoms. The van der Waals surface area contributed by atoms with E-state index in [4.69, 9.17) is 11.6 Å². The van der Waals surface area contributed by atoms with Crippen molar-refractivity contribution in [3.8, 4) is 0 Å². The zero-order valence-electron chi connectivity index (χ0n) is 11.8. The summed E-state index contributed by atoms with van der Waals surface area (Å²) in [5.74, 6) is -0.411. The Morgan fingerprint density at radius 3 is 2.48 bits per heavy atom. The van der Waals surface area contributed by atoms with Crippen LogP contribution in [0, 0.1) is 10.1 Å². The van der Waals surface area contributed by atoms with Crippen molar-refractivity contribution in [3.05, 3.63) is 38.9 Å². The van der Waals surface area contributed by atoms with Crippen LogP contribution in [-0.2, 0) is 0 Å². The molecule has 1 aromatic carbocycles. The fourth-order valence-corrected chi connectivity index (χ4v) is 2.80. The quantitative estimate of drug-likeness (QED) is 0.661. The molecule has 1 aromatic rings. The summed E-state index contributed by atoms with van der Waals surface area (Å²) in [6, 6.07) is 4.64. The number of carbonyl (C=O) groups excluding carboxylic acids is 1. The van der Waals surface area contributed by atoms with Gasteiger partial charge in [0.25, 0.3) is 11.6 Å². The second-order valence-electron chi connectivity index (χ2n) is 5.23. The van der Waals surface area contributed by atoms with Gasteiger partial charge in [-0.2, -0.15) is 0 Å². The zero-order valence-corrected chi connectivity index (χ0v) is 12.5. The molecule has 0 unspecified atom stereocenters. The number of nitro benzene ring substituents is 1. The van der Waals surface area contributed by atoms with Crippen molar-refractivity contribution in [2.24, 2.45) is 0 Å². The molecule has 2 N–H and O–H groups in total. The van der Waals surface area contributed by atoms with E-state index in [1.54, 1.807) is 0 Å². The largest absolute Gasteiger partial charge is 0.349 e. The van der Waals surface area contributed by atoms with Gasteiger partial charge in [-0.15, -0.1) is 0 Å². The van der Waals surface area contributed by atoms with E-state index in [1.807, 2.05) is 7.05 Å². The van der Waals surface area contributed by atoms with Gasteiger partial charge in [0.05, 0.1) is 4.92 Å². The molecule has 0 bridgehead atoms. The maximum Gasteiger partial charge on any atom is 0.283 e. The van der Waals surface area contributed by atoms with Gasteiger partial charge in [0.2, 0.25) is 0 Å². The summed E-state index contributed by atoms with van der Waals surface area (Å²) in [5.41, 5.74) is -0.205. The number of amides is 1. The molecule has 0 heterocycles. The normalized spacial score (nSPS) is 21.8. The topological polar surface area (TPSA) is 84.3 Å². The van der Waals surface area contributed by atoms with Gasteiger partial charge >= 0.3 is 0 Å². The third-order valence-electron chi connectivity index (χ3n) is 3.87. The van der Waals surface area contributed by atoms with Crippen molar-refractivity contribution >= 4 is 23.2 Å². The number of halogens is 1. The minimum absolute atomic E-state index is 0.0557. The Kier molecular flexibility index (Phi) is 5.14. The van der Waals surface area contributed by atoms with E-state index in [1.165, 1.54) is 18.2 Å². The van der Waals surface area contributed by atoms with Crippen molar-refractivity contribution in [2.45, 2.75) is 37.8 Å². The van der Waals surface area contributed by atoms with E-state index in [0.717, 1.165) is 25.7 Å². The highest BCUT2D eigenvalue weighted by Crippen LogP contribution is 2.24. The molecule has 0 radical (unpaired) electrons. The van der Waals surface area contributed by atoms with Crippen LogP contribution in [0.15, 0.2) is 18.2 Å². The molecule has 0 aliphatic heterocycles. The van der Waals surface area contributed by atoms with Gasteiger partial charge in [-0.1, -0.05) is 11.6 Å². The van der Waals surface area contributed by atoms with Crippen molar-refractivity contribution < 1.29 is 9.72 Å². The predicted octanol–water partition coefficient (Wildman–Crippen LogP) is 2.51. The number of hydrogen-bond acceptors (Lipinski definition) is 4. The smallest absolute Gasteiger partial charge is 0.283 e. The molecule has 0 atom stereocenters. The van der Waals surface area contributed by atoms with Gasteiger partial charge < -0.3 is 10.6 Å². The Balaban J connectivity index is 2.06. The lowest BCUT2D eigenvalue weighted by Crippen LogP contribution is -2.41. The molecule has 1 aliphatic carbocycles. The average Bonchev–Trinajstić information content (AvgIpc) is 2.47. The summed E-state index contributed by atoms with van der Waals surface area (Å²) in [6.07, 6.45) is 3.73. The first-order chi connectivity index (χ1) is 10.0. The van der Waals surface area contributed by atoms with Crippen molar-refractivity contribution in [2.75, 3.05) is 7.05 Å². The fourth-order valence-electron chi connectivity index (χ4n) is 2.64. The highest BCUT2D eigenvalue weighted by molar-refractivity contribution is 6.31. The van der Waals surface area contributed by atoms with Crippen molar-refractivity contribution in [1.29, 1.82) is 0 Å². The van der Waals surface area contributed by atoms with Crippen LogP contribution in [-0.4, -0.2) is 30.0 Å². The predicted molar refractivity (Wildman–Crippen MR) is 80.7 cm³/mol. The highest BCUT2D eigenvalue weighted by atomic mass is 35.5. The third kappa shape index (κ3) is 3.92. The fraction of sp³-hybridized carbons (Fsp3) is 0.500. The number of hydrogen-bond donors (Lipinski definition) is 2. The molecule has 1 saturated carbocycles. The minimum atomic E-state index is -0.585. The van der Waals surface area contributed by atoms with Crippen molar-refractivity contribution in [1.82, 2.24) is 10.6 Å². The minimum Gasteiger partial charge on any atom is -0.349 e. The summed E-state index contributed by atoms with van der Waals surface area (Å²) >= 11 is 5.75. The number of benzene rings is 1. The summed E-state index contributed by atoms with van der Waals surface area (Å²) in [7, 11) is 1.93. The first-order valence-electron chi connectivity index (χ1n) is 6.93. The Hall–Kier alpha value is -1.66. The summed E-state index contributed by atoms with van der Waals surface area (Å²) in [6.45, 7) is 0. The monoisotopic (exact) mass is 311 g/mol. The third-order valence-corrected chi connectivity index (χ3v) is 4.11.